The lowest BCUT2D eigenvalue weighted by Gasteiger charge is -2.06. The van der Waals surface area contributed by atoms with Gasteiger partial charge in [0, 0.05) is 10.7 Å². The van der Waals surface area contributed by atoms with Crippen LogP contribution in [0.4, 0.5) is 5.69 Å². The first kappa shape index (κ1) is 21.1. The molecule has 0 saturated heterocycles. The maximum atomic E-state index is 12.4. The molecule has 2 N–H and O–H groups in total. The number of amides is 1. The summed E-state index contributed by atoms with van der Waals surface area (Å²) < 4.78 is 1.55. The molecule has 0 aliphatic rings. The number of hydrogen-bond donors (Lipinski definition) is 2. The third-order valence-electron chi connectivity index (χ3n) is 4.51. The Labute approximate surface area is 187 Å². The number of carbonyl (C=O) groups excluding carboxylic acids is 1. The Balaban J connectivity index is 1.43. The van der Waals surface area contributed by atoms with Crippen LogP contribution in [0.5, 0.6) is 0 Å². The van der Waals surface area contributed by atoms with Gasteiger partial charge in [0.1, 0.15) is 5.82 Å². The van der Waals surface area contributed by atoms with Crippen molar-refractivity contribution in [3.63, 3.8) is 0 Å². The minimum atomic E-state index is -0.366. The number of benzene rings is 2. The maximum absolute atomic E-state index is 12.4. The van der Waals surface area contributed by atoms with E-state index in [1.807, 2.05) is 49.4 Å². The predicted octanol–water partition coefficient (Wildman–Crippen LogP) is 3.40. The highest BCUT2D eigenvalue weighted by Crippen LogP contribution is 2.18. The molecule has 2 aromatic heterocycles. The van der Waals surface area contributed by atoms with Gasteiger partial charge in [-0.2, -0.15) is 0 Å². The third-order valence-corrected chi connectivity index (χ3v) is 5.82. The summed E-state index contributed by atoms with van der Waals surface area (Å²) in [5, 5.41) is 11.4. The van der Waals surface area contributed by atoms with Gasteiger partial charge in [-0.05, 0) is 30.7 Å². The lowest BCUT2D eigenvalue weighted by atomic mass is 10.2. The lowest BCUT2D eigenvalue weighted by Crippen LogP contribution is -2.16. The van der Waals surface area contributed by atoms with Crippen LogP contribution in [0.2, 0.25) is 5.02 Å². The van der Waals surface area contributed by atoms with Crippen LogP contribution in [0, 0.1) is 6.92 Å². The fourth-order valence-corrected chi connectivity index (χ4v) is 3.83. The minimum absolute atomic E-state index is 0.122. The molecule has 0 radical (unpaired) electrons. The molecule has 0 fully saturated rings. The van der Waals surface area contributed by atoms with Crippen LogP contribution in [0.25, 0.3) is 11.2 Å². The van der Waals surface area contributed by atoms with Crippen molar-refractivity contribution in [3.8, 4) is 0 Å². The van der Waals surface area contributed by atoms with Crippen molar-refractivity contribution in [2.75, 3.05) is 11.1 Å². The Morgan fingerprint density at radius 1 is 1.19 bits per heavy atom. The number of rotatable bonds is 7. The summed E-state index contributed by atoms with van der Waals surface area (Å²) in [4.78, 5) is 31.7. The van der Waals surface area contributed by atoms with Crippen molar-refractivity contribution in [1.29, 1.82) is 0 Å². The van der Waals surface area contributed by atoms with E-state index in [2.05, 4.69) is 25.6 Å². The zero-order chi connectivity index (χ0) is 21.8. The first-order chi connectivity index (χ1) is 15.0. The summed E-state index contributed by atoms with van der Waals surface area (Å²) in [6, 6.07) is 15.0. The third kappa shape index (κ3) is 5.12. The van der Waals surface area contributed by atoms with E-state index in [-0.39, 0.29) is 22.7 Å². The Morgan fingerprint density at radius 2 is 1.97 bits per heavy atom. The van der Waals surface area contributed by atoms with Gasteiger partial charge in [-0.15, -0.1) is 16.9 Å². The van der Waals surface area contributed by atoms with E-state index in [4.69, 9.17) is 11.6 Å². The van der Waals surface area contributed by atoms with Gasteiger partial charge in [0.15, 0.2) is 11.2 Å². The van der Waals surface area contributed by atoms with Gasteiger partial charge in [0.05, 0.1) is 18.1 Å². The SMILES string of the molecule is Cc1ccc(NC(=O)CSCc2nc3c(nnn3Cc3ccccc3Cl)c(=O)[nH]2)cc1. The quantitative estimate of drug-likeness (QED) is 0.443. The van der Waals surface area contributed by atoms with Crippen LogP contribution in [-0.4, -0.2) is 36.6 Å². The molecule has 10 heteroatoms. The number of hydrogen-bond acceptors (Lipinski definition) is 6. The average molecular weight is 455 g/mol. The van der Waals surface area contributed by atoms with Crippen molar-refractivity contribution < 1.29 is 4.79 Å². The fourth-order valence-electron chi connectivity index (χ4n) is 2.95. The molecule has 0 aliphatic heterocycles. The monoisotopic (exact) mass is 454 g/mol. The first-order valence-corrected chi connectivity index (χ1v) is 11.0. The van der Waals surface area contributed by atoms with Crippen molar-refractivity contribution in [2.24, 2.45) is 0 Å². The topological polar surface area (TPSA) is 106 Å². The molecule has 2 heterocycles. The fraction of sp³-hybridized carbons (Fsp3) is 0.190. The van der Waals surface area contributed by atoms with Crippen LogP contribution in [0.15, 0.2) is 53.3 Å². The van der Waals surface area contributed by atoms with E-state index >= 15 is 0 Å². The number of thioether (sulfide) groups is 1. The molecule has 0 atom stereocenters. The van der Waals surface area contributed by atoms with Crippen LogP contribution >= 0.6 is 23.4 Å². The zero-order valence-corrected chi connectivity index (χ0v) is 18.2. The van der Waals surface area contributed by atoms with Crippen molar-refractivity contribution >= 4 is 46.1 Å². The van der Waals surface area contributed by atoms with Gasteiger partial charge in [-0.1, -0.05) is 52.7 Å². The van der Waals surface area contributed by atoms with E-state index in [0.29, 0.717) is 28.8 Å². The number of carbonyl (C=O) groups is 1. The summed E-state index contributed by atoms with van der Waals surface area (Å²) >= 11 is 7.58. The molecule has 0 spiro atoms. The van der Waals surface area contributed by atoms with E-state index in [0.717, 1.165) is 16.8 Å². The standard InChI is InChI=1S/C21H19ClN6O2S/c1-13-6-8-15(9-7-13)23-18(29)12-31-11-17-24-20-19(21(30)25-17)26-27-28(20)10-14-4-2-3-5-16(14)22/h2-9H,10-12H2,1H3,(H,23,29)(H,24,25,30). The molecule has 4 aromatic rings. The number of anilines is 1. The van der Waals surface area contributed by atoms with Crippen molar-refractivity contribution in [2.45, 2.75) is 19.2 Å². The second-order valence-corrected chi connectivity index (χ2v) is 8.32. The molecule has 0 unspecified atom stereocenters. The van der Waals surface area contributed by atoms with Gasteiger partial charge in [-0.25, -0.2) is 9.67 Å². The Kier molecular flexibility index (Phi) is 6.34. The number of aryl methyl sites for hydroxylation is 1. The van der Waals surface area contributed by atoms with E-state index in [1.165, 1.54) is 11.8 Å². The summed E-state index contributed by atoms with van der Waals surface area (Å²) in [6.07, 6.45) is 0. The van der Waals surface area contributed by atoms with Crippen LogP contribution in [0.1, 0.15) is 17.0 Å². The first-order valence-electron chi connectivity index (χ1n) is 9.49. The minimum Gasteiger partial charge on any atom is -0.325 e. The van der Waals surface area contributed by atoms with Crippen molar-refractivity contribution in [1.82, 2.24) is 25.0 Å². The van der Waals surface area contributed by atoms with Crippen molar-refractivity contribution in [3.05, 3.63) is 80.9 Å². The van der Waals surface area contributed by atoms with Gasteiger partial charge < -0.3 is 10.3 Å². The van der Waals surface area contributed by atoms with Crippen LogP contribution < -0.4 is 10.9 Å². The average Bonchev–Trinajstić information content (AvgIpc) is 3.15. The van der Waals surface area contributed by atoms with Gasteiger partial charge in [0.2, 0.25) is 5.91 Å². The lowest BCUT2D eigenvalue weighted by molar-refractivity contribution is -0.113. The molecule has 158 valence electrons. The molecule has 4 rings (SSSR count). The number of nitrogens with one attached hydrogen (secondary N) is 2. The number of nitrogens with zero attached hydrogens (tertiary/aromatic N) is 4. The normalized spacial score (nSPS) is 11.0. The smallest absolute Gasteiger partial charge is 0.281 e. The summed E-state index contributed by atoms with van der Waals surface area (Å²) in [7, 11) is 0. The molecule has 31 heavy (non-hydrogen) atoms. The number of H-pyrrole nitrogens is 1. The molecule has 0 bridgehead atoms. The molecular formula is C21H19ClN6O2S. The highest BCUT2D eigenvalue weighted by atomic mass is 35.5. The molecule has 0 aliphatic carbocycles. The summed E-state index contributed by atoms with van der Waals surface area (Å²) in [5.74, 6) is 0.923. The van der Waals surface area contributed by atoms with Crippen LogP contribution in [0.3, 0.4) is 0 Å². The molecular weight excluding hydrogens is 436 g/mol. The largest absolute Gasteiger partial charge is 0.325 e. The molecule has 2 aromatic carbocycles. The molecule has 1 amide bonds. The van der Waals surface area contributed by atoms with Crippen LogP contribution in [-0.2, 0) is 17.1 Å². The highest BCUT2D eigenvalue weighted by molar-refractivity contribution is 7.99. The van der Waals surface area contributed by atoms with Gasteiger partial charge >= 0.3 is 0 Å². The highest BCUT2D eigenvalue weighted by Gasteiger charge is 2.14. The number of halogens is 1. The number of aromatic nitrogens is 5. The molecule has 8 nitrogen and oxygen atoms in total. The second kappa shape index (κ2) is 9.32. The van der Waals surface area contributed by atoms with E-state index < -0.39 is 0 Å². The van der Waals surface area contributed by atoms with Gasteiger partial charge in [0.25, 0.3) is 5.56 Å². The number of aromatic amines is 1. The maximum Gasteiger partial charge on any atom is 0.281 e. The van der Waals surface area contributed by atoms with E-state index in [1.54, 1.807) is 10.7 Å². The Bertz CT molecular complexity index is 1290. The van der Waals surface area contributed by atoms with Gasteiger partial charge in [-0.3, -0.25) is 9.59 Å². The second-order valence-electron chi connectivity index (χ2n) is 6.93. The number of fused-ring (bicyclic) bond motifs is 1. The predicted molar refractivity (Wildman–Crippen MR) is 122 cm³/mol. The van der Waals surface area contributed by atoms with E-state index in [9.17, 15) is 9.59 Å². The summed E-state index contributed by atoms with van der Waals surface area (Å²) in [5.41, 5.74) is 2.90. The zero-order valence-electron chi connectivity index (χ0n) is 16.6. The molecule has 0 saturated carbocycles. The Morgan fingerprint density at radius 3 is 2.74 bits per heavy atom. The summed E-state index contributed by atoms with van der Waals surface area (Å²) in [6.45, 7) is 2.33. The Hall–Kier alpha value is -3.17.